The van der Waals surface area contributed by atoms with Crippen LogP contribution in [0.1, 0.15) is 24.5 Å². The van der Waals surface area contributed by atoms with E-state index in [-0.39, 0.29) is 22.0 Å². The average Bonchev–Trinajstić information content (AvgIpc) is 2.54. The van der Waals surface area contributed by atoms with Crippen LogP contribution < -0.4 is 4.18 Å². The molecule has 0 saturated heterocycles. The average molecular weight is 347 g/mol. The molecule has 0 unspecified atom stereocenters. The molecule has 0 radical (unpaired) electrons. The highest BCUT2D eigenvalue weighted by Gasteiger charge is 2.18. The first kappa shape index (κ1) is 17.6. The normalized spacial score (nSPS) is 10.9. The van der Waals surface area contributed by atoms with E-state index in [1.165, 1.54) is 19.1 Å². The Balaban J connectivity index is 2.17. The molecule has 2 rings (SSSR count). The number of rotatable bonds is 6. The number of nitriles is 1. The van der Waals surface area contributed by atoms with E-state index in [2.05, 4.69) is 0 Å². The molecule has 0 heterocycles. The Morgan fingerprint density at radius 1 is 1.21 bits per heavy atom. The van der Waals surface area contributed by atoms with Gasteiger partial charge < -0.3 is 8.98 Å². The molecular weight excluding hydrogens is 333 g/mol. The Hall–Kier alpha value is -2.72. The molecule has 0 fully saturated rings. The summed E-state index contributed by atoms with van der Waals surface area (Å²) in [5.74, 6) is -0.641. The molecule has 0 atom stereocenters. The van der Waals surface area contributed by atoms with E-state index in [1.807, 2.05) is 0 Å². The van der Waals surface area contributed by atoms with Crippen LogP contribution in [0.5, 0.6) is 5.75 Å². The number of carbonyl (C=O) groups is 1. The molecular formula is C17H14FNO4S. The monoisotopic (exact) mass is 347 g/mol. The van der Waals surface area contributed by atoms with Gasteiger partial charge in [-0.1, -0.05) is 12.1 Å². The Bertz CT molecular complexity index is 899. The van der Waals surface area contributed by atoms with Crippen LogP contribution in [-0.2, 0) is 21.3 Å². The molecule has 24 heavy (non-hydrogen) atoms. The van der Waals surface area contributed by atoms with Crippen molar-refractivity contribution >= 4 is 15.9 Å². The number of ketones is 1. The second-order valence-electron chi connectivity index (χ2n) is 5.14. The molecule has 0 spiro atoms. The number of carbonyl (C=O) groups excluding carboxylic acids is 1. The Kier molecular flexibility index (Phi) is 5.31. The lowest BCUT2D eigenvalue weighted by Crippen LogP contribution is -2.10. The largest absolute Gasteiger partial charge is 0.379 e. The molecule has 0 N–H and O–H groups in total. The van der Waals surface area contributed by atoms with Gasteiger partial charge in [-0.3, -0.25) is 0 Å². The van der Waals surface area contributed by atoms with Gasteiger partial charge in [0.1, 0.15) is 28.3 Å². The van der Waals surface area contributed by atoms with Crippen LogP contribution in [-0.4, -0.2) is 14.2 Å². The predicted octanol–water partition coefficient (Wildman–Crippen LogP) is 2.99. The van der Waals surface area contributed by atoms with E-state index >= 15 is 0 Å². The maximum absolute atomic E-state index is 13.3. The number of hydrogen-bond donors (Lipinski definition) is 0. The summed E-state index contributed by atoms with van der Waals surface area (Å²) in [6.45, 7) is 1.50. The van der Waals surface area contributed by atoms with Crippen molar-refractivity contribution in [1.82, 2.24) is 0 Å². The summed E-state index contributed by atoms with van der Waals surface area (Å²) in [6, 6.07) is 10.7. The van der Waals surface area contributed by atoms with Gasteiger partial charge in [0.2, 0.25) is 0 Å². The maximum Gasteiger partial charge on any atom is 0.339 e. The van der Waals surface area contributed by atoms with E-state index < -0.39 is 15.9 Å². The number of nitrogens with zero attached hydrogens (tertiary/aromatic N) is 1. The fraction of sp³-hybridized carbons (Fsp3) is 0.176. The predicted molar refractivity (Wildman–Crippen MR) is 84.4 cm³/mol. The molecule has 0 aliphatic rings. The molecule has 5 nitrogen and oxygen atoms in total. The molecule has 0 amide bonds. The van der Waals surface area contributed by atoms with Crippen molar-refractivity contribution in [3.8, 4) is 11.8 Å². The van der Waals surface area contributed by atoms with Crippen molar-refractivity contribution in [2.45, 2.75) is 24.7 Å². The lowest BCUT2D eigenvalue weighted by Gasteiger charge is -2.08. The van der Waals surface area contributed by atoms with Gasteiger partial charge in [-0.15, -0.1) is 0 Å². The molecule has 0 saturated carbocycles. The zero-order valence-electron chi connectivity index (χ0n) is 12.8. The van der Waals surface area contributed by atoms with Crippen molar-refractivity contribution in [1.29, 1.82) is 5.26 Å². The molecule has 0 bridgehead atoms. The van der Waals surface area contributed by atoms with E-state index in [1.54, 1.807) is 18.2 Å². The SMILES string of the molecule is CC(=O)CCc1ccc(OS(=O)(=O)c2ccc(F)c(C#N)c2)cc1. The van der Waals surface area contributed by atoms with Crippen molar-refractivity contribution in [2.24, 2.45) is 0 Å². The first-order chi connectivity index (χ1) is 11.3. The van der Waals surface area contributed by atoms with E-state index in [9.17, 15) is 17.6 Å². The van der Waals surface area contributed by atoms with E-state index in [0.717, 1.165) is 23.8 Å². The second kappa shape index (κ2) is 7.23. The van der Waals surface area contributed by atoms with Gasteiger partial charge in [0, 0.05) is 6.42 Å². The van der Waals surface area contributed by atoms with Crippen molar-refractivity contribution < 1.29 is 21.8 Å². The fourth-order valence-corrected chi connectivity index (χ4v) is 2.91. The molecule has 0 aliphatic carbocycles. The Morgan fingerprint density at radius 2 is 1.88 bits per heavy atom. The molecule has 7 heteroatoms. The minimum Gasteiger partial charge on any atom is -0.379 e. The van der Waals surface area contributed by atoms with Crippen LogP contribution in [0.15, 0.2) is 47.4 Å². The number of aryl methyl sites for hydroxylation is 1. The van der Waals surface area contributed by atoms with E-state index in [0.29, 0.717) is 12.8 Å². The highest BCUT2D eigenvalue weighted by Crippen LogP contribution is 2.21. The van der Waals surface area contributed by atoms with Gasteiger partial charge in [0.25, 0.3) is 0 Å². The van der Waals surface area contributed by atoms with E-state index in [4.69, 9.17) is 9.44 Å². The standard InChI is InChI=1S/C17H14FNO4S/c1-12(20)2-3-13-4-6-15(7-5-13)23-24(21,22)16-8-9-17(18)14(10-16)11-19/h4-10H,2-3H2,1H3. The molecule has 2 aromatic rings. The molecule has 124 valence electrons. The summed E-state index contributed by atoms with van der Waals surface area (Å²) in [4.78, 5) is 10.6. The summed E-state index contributed by atoms with van der Waals surface area (Å²) < 4.78 is 42.6. The molecule has 0 aromatic heterocycles. The number of hydrogen-bond acceptors (Lipinski definition) is 5. The van der Waals surface area contributed by atoms with Crippen molar-refractivity contribution in [3.63, 3.8) is 0 Å². The van der Waals surface area contributed by atoms with Crippen LogP contribution in [0.25, 0.3) is 0 Å². The van der Waals surface area contributed by atoms with Gasteiger partial charge in [-0.05, 0) is 49.2 Å². The lowest BCUT2D eigenvalue weighted by molar-refractivity contribution is -0.116. The summed E-state index contributed by atoms with van der Waals surface area (Å²) in [5.41, 5.74) is 0.503. The quantitative estimate of drug-likeness (QED) is 0.750. The smallest absolute Gasteiger partial charge is 0.339 e. The van der Waals surface area contributed by atoms with Crippen LogP contribution >= 0.6 is 0 Å². The van der Waals surface area contributed by atoms with Crippen LogP contribution in [0.2, 0.25) is 0 Å². The topological polar surface area (TPSA) is 84.2 Å². The molecule has 0 aliphatic heterocycles. The lowest BCUT2D eigenvalue weighted by atomic mass is 10.1. The first-order valence-corrected chi connectivity index (χ1v) is 8.45. The second-order valence-corrected chi connectivity index (χ2v) is 6.68. The Labute approximate surface area is 139 Å². The summed E-state index contributed by atoms with van der Waals surface area (Å²) in [6.07, 6.45) is 0.969. The van der Waals surface area contributed by atoms with Gasteiger partial charge in [-0.2, -0.15) is 13.7 Å². The third kappa shape index (κ3) is 4.40. The van der Waals surface area contributed by atoms with Gasteiger partial charge in [-0.25, -0.2) is 4.39 Å². The van der Waals surface area contributed by atoms with Gasteiger partial charge in [0.15, 0.2) is 0 Å². The Morgan fingerprint density at radius 3 is 2.46 bits per heavy atom. The van der Waals surface area contributed by atoms with Crippen molar-refractivity contribution in [2.75, 3.05) is 0 Å². The maximum atomic E-state index is 13.3. The van der Waals surface area contributed by atoms with Gasteiger partial charge >= 0.3 is 10.1 Å². The highest BCUT2D eigenvalue weighted by atomic mass is 32.2. The van der Waals surface area contributed by atoms with Crippen molar-refractivity contribution in [3.05, 3.63) is 59.4 Å². The summed E-state index contributed by atoms with van der Waals surface area (Å²) in [7, 11) is -4.17. The third-order valence-electron chi connectivity index (χ3n) is 3.24. The van der Waals surface area contributed by atoms with Crippen LogP contribution in [0.4, 0.5) is 4.39 Å². The minimum atomic E-state index is -4.17. The number of Topliss-reactive ketones (excluding diaryl/α,β-unsaturated/α-hetero) is 1. The third-order valence-corrected chi connectivity index (χ3v) is 4.49. The molecule has 2 aromatic carbocycles. The minimum absolute atomic E-state index is 0.0718. The van der Waals surface area contributed by atoms with Crippen LogP contribution in [0, 0.1) is 17.1 Å². The zero-order valence-corrected chi connectivity index (χ0v) is 13.6. The first-order valence-electron chi connectivity index (χ1n) is 7.04. The number of halogens is 1. The van der Waals surface area contributed by atoms with Gasteiger partial charge in [0.05, 0.1) is 5.56 Å². The fourth-order valence-electron chi connectivity index (χ4n) is 1.95. The zero-order chi connectivity index (χ0) is 17.7. The highest BCUT2D eigenvalue weighted by molar-refractivity contribution is 7.87. The summed E-state index contributed by atoms with van der Waals surface area (Å²) in [5, 5.41) is 8.77. The van der Waals surface area contributed by atoms with Crippen LogP contribution in [0.3, 0.4) is 0 Å². The summed E-state index contributed by atoms with van der Waals surface area (Å²) >= 11 is 0. The number of benzene rings is 2.